The van der Waals surface area contributed by atoms with Crippen molar-refractivity contribution >= 4 is 35.6 Å². The standard InChI is InChI=1S/C21H40N8O6/c1-10(2)15(23)18(32)29-16(11(3)4)19(33)27-12(7-8-14(22)30)17(31)28-13(20(34)35)6-5-9-26-21(24)25/h10-13,15-16H,5-9,23H2,1-4H3,(H2,22,30)(H,27,33)(H,28,31)(H,29,32)(H,34,35)(H4,24,25,26). The molecule has 0 heterocycles. The monoisotopic (exact) mass is 500 g/mol. The number of aliphatic imine (C=N–C) groups is 1. The van der Waals surface area contributed by atoms with E-state index in [0.717, 1.165) is 0 Å². The van der Waals surface area contributed by atoms with E-state index in [0.29, 0.717) is 0 Å². The molecule has 0 aromatic carbocycles. The van der Waals surface area contributed by atoms with Gasteiger partial charge in [0.1, 0.15) is 18.1 Å². The van der Waals surface area contributed by atoms with Crippen LogP contribution in [0.3, 0.4) is 0 Å². The molecule has 12 N–H and O–H groups in total. The molecule has 4 atom stereocenters. The van der Waals surface area contributed by atoms with Crippen molar-refractivity contribution in [3.05, 3.63) is 0 Å². The average Bonchev–Trinajstić information content (AvgIpc) is 2.74. The third-order valence-electron chi connectivity index (χ3n) is 5.14. The number of carbonyl (C=O) groups is 5. The minimum absolute atomic E-state index is 0.0199. The first-order chi connectivity index (χ1) is 16.2. The van der Waals surface area contributed by atoms with Crippen molar-refractivity contribution in [3.8, 4) is 0 Å². The second-order valence-corrected chi connectivity index (χ2v) is 8.91. The van der Waals surface area contributed by atoms with Crippen LogP contribution in [-0.4, -0.2) is 71.4 Å². The molecular weight excluding hydrogens is 460 g/mol. The van der Waals surface area contributed by atoms with Crippen molar-refractivity contribution in [3.63, 3.8) is 0 Å². The number of nitrogens with zero attached hydrogens (tertiary/aromatic N) is 1. The van der Waals surface area contributed by atoms with Gasteiger partial charge in [0.15, 0.2) is 5.96 Å². The topological polar surface area (TPSA) is 258 Å². The van der Waals surface area contributed by atoms with Gasteiger partial charge in [0.25, 0.3) is 0 Å². The summed E-state index contributed by atoms with van der Waals surface area (Å²) in [6, 6.07) is -4.42. The maximum atomic E-state index is 12.9. The molecule has 0 aliphatic carbocycles. The normalized spacial score (nSPS) is 14.4. The predicted molar refractivity (Wildman–Crippen MR) is 129 cm³/mol. The molecule has 200 valence electrons. The Hall–Kier alpha value is -3.42. The number of aliphatic carboxylic acids is 1. The van der Waals surface area contributed by atoms with E-state index in [4.69, 9.17) is 22.9 Å². The molecule has 0 aromatic heterocycles. The van der Waals surface area contributed by atoms with Crippen molar-refractivity contribution in [2.24, 2.45) is 39.8 Å². The number of carboxylic acids is 1. The smallest absolute Gasteiger partial charge is 0.326 e. The summed E-state index contributed by atoms with van der Waals surface area (Å²) in [4.78, 5) is 64.8. The van der Waals surface area contributed by atoms with Crippen LogP contribution in [0.25, 0.3) is 0 Å². The van der Waals surface area contributed by atoms with Crippen LogP contribution >= 0.6 is 0 Å². The molecule has 35 heavy (non-hydrogen) atoms. The van der Waals surface area contributed by atoms with E-state index in [9.17, 15) is 29.1 Å². The molecule has 0 radical (unpaired) electrons. The fourth-order valence-corrected chi connectivity index (χ4v) is 2.94. The maximum absolute atomic E-state index is 12.9. The van der Waals surface area contributed by atoms with Gasteiger partial charge in [0.2, 0.25) is 23.6 Å². The molecule has 14 heteroatoms. The number of hydrogen-bond acceptors (Lipinski definition) is 7. The molecule has 0 bridgehead atoms. The zero-order valence-electron chi connectivity index (χ0n) is 20.7. The first-order valence-electron chi connectivity index (χ1n) is 11.4. The summed E-state index contributed by atoms with van der Waals surface area (Å²) in [5.74, 6) is -4.70. The van der Waals surface area contributed by atoms with E-state index in [-0.39, 0.29) is 50.0 Å². The van der Waals surface area contributed by atoms with Crippen LogP contribution in [0.15, 0.2) is 4.99 Å². The quantitative estimate of drug-likeness (QED) is 0.0631. The molecule has 4 amide bonds. The van der Waals surface area contributed by atoms with Gasteiger partial charge < -0.3 is 44.0 Å². The lowest BCUT2D eigenvalue weighted by atomic mass is 9.99. The van der Waals surface area contributed by atoms with Gasteiger partial charge in [0.05, 0.1) is 6.04 Å². The number of carboxylic acid groups (broad SMARTS) is 1. The summed E-state index contributed by atoms with van der Waals surface area (Å²) >= 11 is 0. The summed E-state index contributed by atoms with van der Waals surface area (Å²) in [6.45, 7) is 7.07. The molecule has 0 saturated heterocycles. The van der Waals surface area contributed by atoms with Gasteiger partial charge in [-0.25, -0.2) is 4.79 Å². The van der Waals surface area contributed by atoms with Gasteiger partial charge in [-0.2, -0.15) is 0 Å². The van der Waals surface area contributed by atoms with Crippen LogP contribution in [0.1, 0.15) is 53.4 Å². The Kier molecular flexibility index (Phi) is 14.0. The van der Waals surface area contributed by atoms with E-state index in [1.54, 1.807) is 27.7 Å². The fraction of sp³-hybridized carbons (Fsp3) is 0.714. The Morgan fingerprint density at radius 3 is 1.83 bits per heavy atom. The molecule has 0 aliphatic heterocycles. The van der Waals surface area contributed by atoms with Crippen LogP contribution < -0.4 is 38.9 Å². The summed E-state index contributed by atoms with van der Waals surface area (Å²) in [5, 5.41) is 16.9. The Bertz CT molecular complexity index is 782. The van der Waals surface area contributed by atoms with Crippen LogP contribution in [0.2, 0.25) is 0 Å². The minimum atomic E-state index is -1.29. The zero-order chi connectivity index (χ0) is 27.3. The Labute approximate surface area is 205 Å². The van der Waals surface area contributed by atoms with Gasteiger partial charge in [0, 0.05) is 13.0 Å². The summed E-state index contributed by atoms with van der Waals surface area (Å²) in [7, 11) is 0. The fourth-order valence-electron chi connectivity index (χ4n) is 2.94. The third-order valence-corrected chi connectivity index (χ3v) is 5.14. The lowest BCUT2D eigenvalue weighted by Gasteiger charge is -2.27. The third kappa shape index (κ3) is 12.6. The van der Waals surface area contributed by atoms with Gasteiger partial charge in [-0.1, -0.05) is 27.7 Å². The van der Waals surface area contributed by atoms with Gasteiger partial charge in [-0.15, -0.1) is 0 Å². The largest absolute Gasteiger partial charge is 0.480 e. The highest BCUT2D eigenvalue weighted by molar-refractivity contribution is 5.94. The second-order valence-electron chi connectivity index (χ2n) is 8.91. The van der Waals surface area contributed by atoms with Crippen molar-refractivity contribution in [1.29, 1.82) is 0 Å². The first kappa shape index (κ1) is 31.6. The van der Waals surface area contributed by atoms with Crippen molar-refractivity contribution in [2.75, 3.05) is 6.54 Å². The second kappa shape index (κ2) is 15.5. The van der Waals surface area contributed by atoms with E-state index in [1.807, 2.05) is 0 Å². The lowest BCUT2D eigenvalue weighted by molar-refractivity contribution is -0.142. The number of carbonyl (C=O) groups excluding carboxylic acids is 4. The van der Waals surface area contributed by atoms with Crippen molar-refractivity contribution in [1.82, 2.24) is 16.0 Å². The Morgan fingerprint density at radius 2 is 1.37 bits per heavy atom. The Morgan fingerprint density at radius 1 is 0.800 bits per heavy atom. The summed E-state index contributed by atoms with van der Waals surface area (Å²) < 4.78 is 0. The number of nitrogens with two attached hydrogens (primary N) is 4. The zero-order valence-corrected chi connectivity index (χ0v) is 20.7. The van der Waals surface area contributed by atoms with E-state index < -0.39 is 53.8 Å². The number of guanidine groups is 1. The highest BCUT2D eigenvalue weighted by Crippen LogP contribution is 2.08. The van der Waals surface area contributed by atoms with Crippen LogP contribution in [0, 0.1) is 11.8 Å². The van der Waals surface area contributed by atoms with Crippen molar-refractivity contribution < 1.29 is 29.1 Å². The highest BCUT2D eigenvalue weighted by Gasteiger charge is 2.32. The molecule has 0 aromatic rings. The van der Waals surface area contributed by atoms with Crippen molar-refractivity contribution in [2.45, 2.75) is 77.5 Å². The van der Waals surface area contributed by atoms with E-state index in [1.165, 1.54) is 0 Å². The molecule has 4 unspecified atom stereocenters. The van der Waals surface area contributed by atoms with E-state index >= 15 is 0 Å². The SMILES string of the molecule is CC(C)C(N)C(=O)NC(C(=O)NC(CCC(N)=O)C(=O)NC(CCCN=C(N)N)C(=O)O)C(C)C. The van der Waals surface area contributed by atoms with Crippen LogP contribution in [0.5, 0.6) is 0 Å². The van der Waals surface area contributed by atoms with Crippen LogP contribution in [-0.2, 0) is 24.0 Å². The molecule has 0 spiro atoms. The number of hydrogen-bond donors (Lipinski definition) is 8. The minimum Gasteiger partial charge on any atom is -0.480 e. The number of nitrogens with one attached hydrogen (secondary N) is 3. The van der Waals surface area contributed by atoms with Crippen LogP contribution in [0.4, 0.5) is 0 Å². The maximum Gasteiger partial charge on any atom is 0.326 e. The van der Waals surface area contributed by atoms with Gasteiger partial charge >= 0.3 is 5.97 Å². The summed E-state index contributed by atoms with van der Waals surface area (Å²) in [5.41, 5.74) is 21.5. The molecule has 0 saturated carbocycles. The Balaban J connectivity index is 5.48. The molecular formula is C21H40N8O6. The highest BCUT2D eigenvalue weighted by atomic mass is 16.4. The molecule has 14 nitrogen and oxygen atoms in total. The molecule has 0 aliphatic rings. The average molecular weight is 501 g/mol. The molecule has 0 rings (SSSR count). The van der Waals surface area contributed by atoms with Gasteiger partial charge in [-0.3, -0.25) is 24.2 Å². The number of amides is 4. The van der Waals surface area contributed by atoms with Gasteiger partial charge in [-0.05, 0) is 31.1 Å². The molecule has 0 fully saturated rings. The first-order valence-corrected chi connectivity index (χ1v) is 11.4. The predicted octanol–water partition coefficient (Wildman–Crippen LogP) is -2.52. The summed E-state index contributed by atoms with van der Waals surface area (Å²) in [6.07, 6.45) is -0.119. The number of primary amides is 1. The van der Waals surface area contributed by atoms with E-state index in [2.05, 4.69) is 20.9 Å². The number of rotatable bonds is 16. The lowest BCUT2D eigenvalue weighted by Crippen LogP contribution is -2.58.